The van der Waals surface area contributed by atoms with Gasteiger partial charge in [0.25, 0.3) is 0 Å². The molecule has 0 aliphatic carbocycles. The molecule has 9 heteroatoms. The van der Waals surface area contributed by atoms with Crippen LogP contribution in [0.5, 0.6) is 5.75 Å². The van der Waals surface area contributed by atoms with Gasteiger partial charge in [0.2, 0.25) is 16.9 Å². The number of nitrogens with zero attached hydrogens (tertiary/aromatic N) is 3. The van der Waals surface area contributed by atoms with Crippen LogP contribution in [0.2, 0.25) is 0 Å². The summed E-state index contributed by atoms with van der Waals surface area (Å²) in [5.41, 5.74) is 2.63. The molecule has 0 spiro atoms. The first-order valence-corrected chi connectivity index (χ1v) is 11.1. The molecule has 8 nitrogen and oxygen atoms in total. The summed E-state index contributed by atoms with van der Waals surface area (Å²) in [4.78, 5) is 27.3. The van der Waals surface area contributed by atoms with Crippen LogP contribution in [0.3, 0.4) is 0 Å². The van der Waals surface area contributed by atoms with Crippen molar-refractivity contribution in [1.29, 1.82) is 0 Å². The summed E-state index contributed by atoms with van der Waals surface area (Å²) in [6.07, 6.45) is 1.69. The normalized spacial score (nSPS) is 18.1. The third-order valence-corrected chi connectivity index (χ3v) is 5.90. The summed E-state index contributed by atoms with van der Waals surface area (Å²) >= 11 is 1.30. The van der Waals surface area contributed by atoms with Gasteiger partial charge >= 0.3 is 0 Å². The van der Waals surface area contributed by atoms with Crippen LogP contribution in [0, 0.1) is 11.8 Å². The Kier molecular flexibility index (Phi) is 7.75. The molecule has 162 valence electrons. The summed E-state index contributed by atoms with van der Waals surface area (Å²) in [5, 5.41) is 14.1. The minimum atomic E-state index is -0.155. The van der Waals surface area contributed by atoms with Gasteiger partial charge in [-0.05, 0) is 43.0 Å². The van der Waals surface area contributed by atoms with Gasteiger partial charge in [0.1, 0.15) is 11.3 Å². The number of anilines is 1. The van der Waals surface area contributed by atoms with Gasteiger partial charge in [0.15, 0.2) is 0 Å². The summed E-state index contributed by atoms with van der Waals surface area (Å²) in [5.74, 6) is 0.788. The molecule has 2 N–H and O–H groups in total. The first-order valence-electron chi connectivity index (χ1n) is 10.2. The van der Waals surface area contributed by atoms with E-state index in [4.69, 9.17) is 4.74 Å². The van der Waals surface area contributed by atoms with Gasteiger partial charge in [-0.3, -0.25) is 14.5 Å². The Balaban J connectivity index is 1.55. The fourth-order valence-corrected chi connectivity index (χ4v) is 4.16. The SMILES string of the molecule is COc1ccc([C@H](NC(=O)CN2CCC[C@@H](C(=O)Nc3nncs3)C2)C(C)C)cc1. The second kappa shape index (κ2) is 10.5. The number of ether oxygens (including phenoxy) is 1. The number of methoxy groups -OCH3 is 1. The number of amides is 2. The fraction of sp³-hybridized carbons (Fsp3) is 0.524. The highest BCUT2D eigenvalue weighted by Crippen LogP contribution is 2.24. The predicted octanol–water partition coefficient (Wildman–Crippen LogP) is 2.71. The Morgan fingerprint density at radius 1 is 1.30 bits per heavy atom. The summed E-state index contributed by atoms with van der Waals surface area (Å²) in [6, 6.07) is 7.70. The lowest BCUT2D eigenvalue weighted by molar-refractivity contribution is -0.126. The minimum absolute atomic E-state index is 0.0327. The van der Waals surface area contributed by atoms with Gasteiger partial charge < -0.3 is 15.4 Å². The fourth-order valence-electron chi connectivity index (χ4n) is 3.72. The summed E-state index contributed by atoms with van der Waals surface area (Å²) in [7, 11) is 1.64. The van der Waals surface area contributed by atoms with E-state index in [1.807, 2.05) is 24.3 Å². The second-order valence-corrected chi connectivity index (χ2v) is 8.70. The van der Waals surface area contributed by atoms with Crippen molar-refractivity contribution in [2.75, 3.05) is 32.1 Å². The zero-order chi connectivity index (χ0) is 21.5. The van der Waals surface area contributed by atoms with Gasteiger partial charge in [-0.15, -0.1) is 10.2 Å². The van der Waals surface area contributed by atoms with Crippen LogP contribution in [-0.4, -0.2) is 53.7 Å². The Labute approximate surface area is 181 Å². The summed E-state index contributed by atoms with van der Waals surface area (Å²) < 4.78 is 5.22. The Morgan fingerprint density at radius 3 is 2.70 bits per heavy atom. The number of benzene rings is 1. The highest BCUT2D eigenvalue weighted by molar-refractivity contribution is 7.13. The van der Waals surface area contributed by atoms with E-state index < -0.39 is 0 Å². The molecule has 1 aliphatic heterocycles. The summed E-state index contributed by atoms with van der Waals surface area (Å²) in [6.45, 7) is 5.83. The Morgan fingerprint density at radius 2 is 2.07 bits per heavy atom. The molecular weight excluding hydrogens is 402 g/mol. The van der Waals surface area contributed by atoms with E-state index in [-0.39, 0.29) is 36.2 Å². The smallest absolute Gasteiger partial charge is 0.234 e. The maximum Gasteiger partial charge on any atom is 0.234 e. The quantitative estimate of drug-likeness (QED) is 0.667. The topological polar surface area (TPSA) is 96.5 Å². The average molecular weight is 432 g/mol. The predicted molar refractivity (Wildman–Crippen MR) is 116 cm³/mol. The van der Waals surface area contributed by atoms with Gasteiger partial charge in [0, 0.05) is 6.54 Å². The molecule has 1 aromatic heterocycles. The van der Waals surface area contributed by atoms with E-state index in [0.29, 0.717) is 11.7 Å². The molecule has 2 atom stereocenters. The molecular formula is C21H29N5O3S. The molecule has 0 unspecified atom stereocenters. The number of carbonyl (C=O) groups is 2. The van der Waals surface area contributed by atoms with E-state index >= 15 is 0 Å². The lowest BCUT2D eigenvalue weighted by Crippen LogP contribution is -2.46. The van der Waals surface area contributed by atoms with Gasteiger partial charge in [-0.25, -0.2) is 0 Å². The number of aromatic nitrogens is 2. The third-order valence-electron chi connectivity index (χ3n) is 5.29. The van der Waals surface area contributed by atoms with E-state index in [1.54, 1.807) is 12.6 Å². The van der Waals surface area contributed by atoms with E-state index in [9.17, 15) is 9.59 Å². The van der Waals surface area contributed by atoms with Crippen LogP contribution in [0.1, 0.15) is 38.3 Å². The van der Waals surface area contributed by atoms with Gasteiger partial charge in [0.05, 0.1) is 25.6 Å². The van der Waals surface area contributed by atoms with E-state index in [1.165, 1.54) is 11.3 Å². The number of rotatable bonds is 8. The van der Waals surface area contributed by atoms with Crippen LogP contribution in [0.4, 0.5) is 5.13 Å². The second-order valence-electron chi connectivity index (χ2n) is 7.87. The van der Waals surface area contributed by atoms with Crippen molar-refractivity contribution >= 4 is 28.3 Å². The van der Waals surface area contributed by atoms with Crippen molar-refractivity contribution in [1.82, 2.24) is 20.4 Å². The van der Waals surface area contributed by atoms with E-state index in [2.05, 4.69) is 39.6 Å². The molecule has 3 rings (SSSR count). The molecule has 2 aromatic rings. The number of nitrogens with one attached hydrogen (secondary N) is 2. The zero-order valence-electron chi connectivity index (χ0n) is 17.6. The molecule has 30 heavy (non-hydrogen) atoms. The third kappa shape index (κ3) is 5.99. The largest absolute Gasteiger partial charge is 0.497 e. The lowest BCUT2D eigenvalue weighted by atomic mass is 9.95. The Hall–Kier alpha value is -2.52. The molecule has 0 bridgehead atoms. The molecule has 1 saturated heterocycles. The number of hydrogen-bond donors (Lipinski definition) is 2. The molecule has 0 saturated carbocycles. The highest BCUT2D eigenvalue weighted by Gasteiger charge is 2.28. The van der Waals surface area contributed by atoms with E-state index in [0.717, 1.165) is 30.7 Å². The van der Waals surface area contributed by atoms with Gasteiger partial charge in [-0.1, -0.05) is 37.3 Å². The first-order chi connectivity index (χ1) is 14.5. The number of likely N-dealkylation sites (tertiary alicyclic amines) is 1. The standard InChI is InChI=1S/C21H29N5O3S/c1-14(2)19(15-6-8-17(29-3)9-7-15)23-18(27)12-26-10-4-5-16(11-26)20(28)24-21-25-22-13-30-21/h6-9,13-14,16,19H,4-5,10-12H2,1-3H3,(H,23,27)(H,24,25,28)/t16-,19-/m1/s1. The number of piperidine rings is 1. The maximum atomic E-state index is 12.8. The molecule has 1 fully saturated rings. The van der Waals surface area contributed by atoms with Crippen molar-refractivity contribution < 1.29 is 14.3 Å². The van der Waals surface area contributed by atoms with Gasteiger partial charge in [-0.2, -0.15) is 0 Å². The van der Waals surface area contributed by atoms with Crippen molar-refractivity contribution in [3.8, 4) is 5.75 Å². The molecule has 1 aliphatic rings. The van der Waals surface area contributed by atoms with Crippen LogP contribution in [0.25, 0.3) is 0 Å². The molecule has 2 amide bonds. The van der Waals surface area contributed by atoms with Crippen LogP contribution < -0.4 is 15.4 Å². The van der Waals surface area contributed by atoms with Crippen LogP contribution in [0.15, 0.2) is 29.8 Å². The molecule has 0 radical (unpaired) electrons. The lowest BCUT2D eigenvalue weighted by Gasteiger charge is -2.32. The van der Waals surface area contributed by atoms with Crippen molar-refractivity contribution in [2.24, 2.45) is 11.8 Å². The maximum absolute atomic E-state index is 12.8. The number of hydrogen-bond acceptors (Lipinski definition) is 7. The molecule has 2 heterocycles. The Bertz CT molecular complexity index is 826. The number of carbonyl (C=O) groups excluding carboxylic acids is 2. The average Bonchev–Trinajstić information content (AvgIpc) is 3.25. The van der Waals surface area contributed by atoms with Crippen LogP contribution in [-0.2, 0) is 9.59 Å². The minimum Gasteiger partial charge on any atom is -0.497 e. The highest BCUT2D eigenvalue weighted by atomic mass is 32.1. The zero-order valence-corrected chi connectivity index (χ0v) is 18.4. The van der Waals surface area contributed by atoms with Crippen LogP contribution >= 0.6 is 11.3 Å². The van der Waals surface area contributed by atoms with Crippen molar-refractivity contribution in [3.63, 3.8) is 0 Å². The monoisotopic (exact) mass is 431 g/mol. The van der Waals surface area contributed by atoms with Crippen molar-refractivity contribution in [3.05, 3.63) is 35.3 Å². The molecule has 1 aromatic carbocycles. The first kappa shape index (κ1) is 22.2. The van der Waals surface area contributed by atoms with Crippen molar-refractivity contribution in [2.45, 2.75) is 32.7 Å².